The molecule has 12 heavy (non-hydrogen) atoms. The van der Waals surface area contributed by atoms with E-state index in [4.69, 9.17) is 0 Å². The summed E-state index contributed by atoms with van der Waals surface area (Å²) in [6, 6.07) is 6.05. The van der Waals surface area contributed by atoms with Crippen molar-refractivity contribution in [3.8, 4) is 11.3 Å². The molecular formula is C8H6N4. The molecule has 0 aromatic carbocycles. The normalized spacial score (nSPS) is 11.3. The number of aromatic amines is 1. The van der Waals surface area contributed by atoms with Gasteiger partial charge < -0.3 is 0 Å². The molecule has 3 rings (SSSR count). The Morgan fingerprint density at radius 3 is 3.25 bits per heavy atom. The zero-order valence-corrected chi connectivity index (χ0v) is 6.23. The molecule has 2 aliphatic rings. The van der Waals surface area contributed by atoms with Crippen LogP contribution >= 0.6 is 0 Å². The van der Waals surface area contributed by atoms with Crippen LogP contribution in [0.25, 0.3) is 17.0 Å². The molecular weight excluding hydrogens is 152 g/mol. The summed E-state index contributed by atoms with van der Waals surface area (Å²) in [5.74, 6) is 0.703. The second kappa shape index (κ2) is 1.85. The lowest BCUT2D eigenvalue weighted by molar-refractivity contribution is 0.950. The molecule has 0 amide bonds. The molecule has 1 aromatic heterocycles. The standard InChI is InChI=1S/C8H6N4/c1-2-6-4-9-8-10-5-11-12(8)7(6)3-1/h1-5H,(H,9,10,11). The van der Waals surface area contributed by atoms with E-state index in [1.165, 1.54) is 0 Å². The highest BCUT2D eigenvalue weighted by Gasteiger charge is 2.06. The highest BCUT2D eigenvalue weighted by atomic mass is 15.3. The molecule has 0 atom stereocenters. The van der Waals surface area contributed by atoms with Crippen LogP contribution in [0.5, 0.6) is 0 Å². The Bertz CT molecular complexity index is 493. The van der Waals surface area contributed by atoms with Gasteiger partial charge in [-0.15, -0.1) is 0 Å². The first-order chi connectivity index (χ1) is 5.95. The van der Waals surface area contributed by atoms with Gasteiger partial charge in [-0.05, 0) is 6.07 Å². The number of fused-ring (bicyclic) bond motifs is 3. The minimum absolute atomic E-state index is 0.703. The highest BCUT2D eigenvalue weighted by Crippen LogP contribution is 2.20. The second-order valence-corrected chi connectivity index (χ2v) is 2.65. The Kier molecular flexibility index (Phi) is 0.889. The molecule has 0 radical (unpaired) electrons. The van der Waals surface area contributed by atoms with Gasteiger partial charge >= 0.3 is 0 Å². The monoisotopic (exact) mass is 158 g/mol. The van der Waals surface area contributed by atoms with E-state index in [9.17, 15) is 0 Å². The first-order valence-electron chi connectivity index (χ1n) is 3.71. The summed E-state index contributed by atoms with van der Waals surface area (Å²) >= 11 is 0. The molecule has 0 unspecified atom stereocenters. The number of aromatic nitrogens is 4. The quantitative estimate of drug-likeness (QED) is 0.533. The van der Waals surface area contributed by atoms with Gasteiger partial charge in [0.15, 0.2) is 0 Å². The lowest BCUT2D eigenvalue weighted by Gasteiger charge is -1.99. The van der Waals surface area contributed by atoms with E-state index in [1.54, 1.807) is 6.33 Å². The first-order valence-corrected chi connectivity index (χ1v) is 3.71. The first kappa shape index (κ1) is 5.77. The van der Waals surface area contributed by atoms with Crippen molar-refractivity contribution >= 4 is 5.78 Å². The summed E-state index contributed by atoms with van der Waals surface area (Å²) in [4.78, 5) is 8.21. The third-order valence-electron chi connectivity index (χ3n) is 1.95. The second-order valence-electron chi connectivity index (χ2n) is 2.65. The molecule has 1 aliphatic heterocycles. The third kappa shape index (κ3) is 0.567. The average Bonchev–Trinajstić information content (AvgIpc) is 2.71. The van der Waals surface area contributed by atoms with Crippen LogP contribution in [0.1, 0.15) is 0 Å². The van der Waals surface area contributed by atoms with Crippen LogP contribution in [0.2, 0.25) is 0 Å². The summed E-state index contributed by atoms with van der Waals surface area (Å²) in [6.45, 7) is 0. The van der Waals surface area contributed by atoms with Gasteiger partial charge in [0.05, 0.1) is 5.69 Å². The van der Waals surface area contributed by atoms with Crippen LogP contribution in [0, 0.1) is 0 Å². The SMILES string of the molecule is c1cc2cnc3nc[nH]n3c-2c1. The van der Waals surface area contributed by atoms with Crippen LogP contribution in [-0.4, -0.2) is 19.6 Å². The van der Waals surface area contributed by atoms with E-state index in [0.29, 0.717) is 5.78 Å². The van der Waals surface area contributed by atoms with Crippen LogP contribution in [0.4, 0.5) is 0 Å². The van der Waals surface area contributed by atoms with Gasteiger partial charge in [0, 0.05) is 11.8 Å². The van der Waals surface area contributed by atoms with Gasteiger partial charge in [0.25, 0.3) is 5.78 Å². The summed E-state index contributed by atoms with van der Waals surface area (Å²) in [7, 11) is 0. The van der Waals surface area contributed by atoms with Gasteiger partial charge in [0.1, 0.15) is 6.33 Å². The lowest BCUT2D eigenvalue weighted by atomic mass is 10.3. The number of nitrogens with zero attached hydrogens (tertiary/aromatic N) is 3. The molecule has 0 saturated carbocycles. The predicted octanol–water partition coefficient (Wildman–Crippen LogP) is 1.16. The number of H-pyrrole nitrogens is 1. The largest absolute Gasteiger partial charge is 0.280 e. The minimum Gasteiger partial charge on any atom is -0.280 e. The maximum Gasteiger partial charge on any atom is 0.250 e. The Hall–Kier alpha value is -1.84. The summed E-state index contributed by atoms with van der Waals surface area (Å²) in [5.41, 5.74) is 2.23. The van der Waals surface area contributed by atoms with E-state index in [-0.39, 0.29) is 0 Å². The fourth-order valence-electron chi connectivity index (χ4n) is 1.39. The molecule has 0 bridgehead atoms. The Labute approximate surface area is 68.2 Å². The fourth-order valence-corrected chi connectivity index (χ4v) is 1.39. The van der Waals surface area contributed by atoms with Gasteiger partial charge in [-0.3, -0.25) is 5.10 Å². The van der Waals surface area contributed by atoms with Crippen LogP contribution in [0.3, 0.4) is 0 Å². The van der Waals surface area contributed by atoms with E-state index in [1.807, 2.05) is 28.9 Å². The van der Waals surface area contributed by atoms with Crippen molar-refractivity contribution in [2.24, 2.45) is 0 Å². The van der Waals surface area contributed by atoms with Crippen molar-refractivity contribution in [3.63, 3.8) is 0 Å². The van der Waals surface area contributed by atoms with E-state index < -0.39 is 0 Å². The van der Waals surface area contributed by atoms with Crippen molar-refractivity contribution in [3.05, 3.63) is 30.7 Å². The van der Waals surface area contributed by atoms with Crippen molar-refractivity contribution in [2.45, 2.75) is 0 Å². The fraction of sp³-hybridized carbons (Fsp3) is 0. The summed E-state index contributed by atoms with van der Waals surface area (Å²) < 4.78 is 1.86. The number of rotatable bonds is 0. The zero-order chi connectivity index (χ0) is 7.97. The molecule has 1 N–H and O–H groups in total. The zero-order valence-electron chi connectivity index (χ0n) is 6.23. The van der Waals surface area contributed by atoms with Gasteiger partial charge in [0.2, 0.25) is 0 Å². The number of hydrogen-bond acceptors (Lipinski definition) is 2. The van der Waals surface area contributed by atoms with Gasteiger partial charge in [-0.1, -0.05) is 12.1 Å². The Morgan fingerprint density at radius 1 is 1.25 bits per heavy atom. The van der Waals surface area contributed by atoms with Crippen LogP contribution < -0.4 is 0 Å². The number of hydrogen-bond donors (Lipinski definition) is 1. The number of nitrogens with one attached hydrogen (secondary N) is 1. The molecule has 4 nitrogen and oxygen atoms in total. The molecule has 2 heterocycles. The minimum atomic E-state index is 0.703. The van der Waals surface area contributed by atoms with Crippen molar-refractivity contribution in [1.29, 1.82) is 0 Å². The maximum absolute atomic E-state index is 4.16. The van der Waals surface area contributed by atoms with Crippen molar-refractivity contribution < 1.29 is 0 Å². The Morgan fingerprint density at radius 2 is 2.25 bits per heavy atom. The average molecular weight is 158 g/mol. The van der Waals surface area contributed by atoms with Crippen LogP contribution in [0.15, 0.2) is 30.7 Å². The summed E-state index contributed by atoms with van der Waals surface area (Å²) in [6.07, 6.45) is 3.46. The molecule has 0 saturated heterocycles. The lowest BCUT2D eigenvalue weighted by Crippen LogP contribution is -1.94. The molecule has 1 aliphatic carbocycles. The molecule has 1 aromatic rings. The third-order valence-corrected chi connectivity index (χ3v) is 1.95. The van der Waals surface area contributed by atoms with Gasteiger partial charge in [-0.25, -0.2) is 14.5 Å². The molecule has 4 heteroatoms. The molecule has 0 spiro atoms. The van der Waals surface area contributed by atoms with E-state index in [2.05, 4.69) is 15.1 Å². The van der Waals surface area contributed by atoms with Gasteiger partial charge in [-0.2, -0.15) is 0 Å². The summed E-state index contributed by atoms with van der Waals surface area (Å²) in [5, 5.41) is 2.99. The van der Waals surface area contributed by atoms with Crippen LogP contribution in [-0.2, 0) is 0 Å². The molecule has 0 fully saturated rings. The molecule has 58 valence electrons. The van der Waals surface area contributed by atoms with E-state index in [0.717, 1.165) is 11.3 Å². The topological polar surface area (TPSA) is 46.0 Å². The predicted molar refractivity (Wildman–Crippen MR) is 44.0 cm³/mol. The van der Waals surface area contributed by atoms with E-state index >= 15 is 0 Å². The van der Waals surface area contributed by atoms with Crippen molar-refractivity contribution in [1.82, 2.24) is 19.6 Å². The maximum atomic E-state index is 4.16. The Balaban J connectivity index is 2.61. The highest BCUT2D eigenvalue weighted by molar-refractivity contribution is 5.63. The smallest absolute Gasteiger partial charge is 0.250 e. The van der Waals surface area contributed by atoms with Crippen molar-refractivity contribution in [2.75, 3.05) is 0 Å².